The van der Waals surface area contributed by atoms with Crippen LogP contribution in [0.2, 0.25) is 0 Å². The molecule has 1 atom stereocenters. The number of hydrogen-bond acceptors (Lipinski definition) is 4. The van der Waals surface area contributed by atoms with Crippen molar-refractivity contribution < 1.29 is 19.1 Å². The molecule has 1 heterocycles. The van der Waals surface area contributed by atoms with E-state index in [2.05, 4.69) is 0 Å². The number of benzene rings is 3. The summed E-state index contributed by atoms with van der Waals surface area (Å²) in [7, 11) is 3.10. The zero-order valence-corrected chi connectivity index (χ0v) is 16.7. The minimum atomic E-state index is -0.701. The molecule has 0 aliphatic carbocycles. The number of anilines is 1. The van der Waals surface area contributed by atoms with Gasteiger partial charge in [0, 0.05) is 5.69 Å². The lowest BCUT2D eigenvalue weighted by Crippen LogP contribution is -2.28. The summed E-state index contributed by atoms with van der Waals surface area (Å²) in [6.45, 7) is 0. The molecule has 1 fully saturated rings. The van der Waals surface area contributed by atoms with Gasteiger partial charge in [-0.25, -0.2) is 0 Å². The number of ether oxygens (including phenoxy) is 2. The zero-order chi connectivity index (χ0) is 21.1. The number of Topliss-reactive ketones (excluding diaryl/α,β-unsaturated/α-hetero) is 1. The third kappa shape index (κ3) is 3.46. The summed E-state index contributed by atoms with van der Waals surface area (Å²) in [4.78, 5) is 28.3. The molecule has 0 N–H and O–H groups in total. The molecule has 0 radical (unpaired) electrons. The Bertz CT molecular complexity index is 1050. The van der Waals surface area contributed by atoms with Gasteiger partial charge in [-0.1, -0.05) is 54.6 Å². The van der Waals surface area contributed by atoms with Crippen molar-refractivity contribution >= 4 is 23.5 Å². The van der Waals surface area contributed by atoms with Gasteiger partial charge in [-0.3, -0.25) is 14.5 Å². The van der Waals surface area contributed by atoms with Crippen LogP contribution in [0, 0.1) is 0 Å². The van der Waals surface area contributed by atoms with E-state index in [0.717, 1.165) is 5.56 Å². The van der Waals surface area contributed by atoms with E-state index in [4.69, 9.17) is 9.47 Å². The number of amides is 1. The summed E-state index contributed by atoms with van der Waals surface area (Å²) in [6.07, 6.45) is 1.62. The molecule has 0 aromatic heterocycles. The first-order valence-electron chi connectivity index (χ1n) is 9.55. The van der Waals surface area contributed by atoms with Gasteiger partial charge in [0.05, 0.1) is 19.8 Å². The molecular formula is C25H21NO4. The molecule has 1 aliphatic heterocycles. The smallest absolute Gasteiger partial charge is 0.262 e. The first-order chi connectivity index (χ1) is 14.6. The van der Waals surface area contributed by atoms with E-state index in [1.807, 2.05) is 60.7 Å². The van der Waals surface area contributed by atoms with Crippen molar-refractivity contribution in [2.24, 2.45) is 0 Å². The number of hydrogen-bond donors (Lipinski definition) is 0. The average Bonchev–Trinajstić information content (AvgIpc) is 3.04. The highest BCUT2D eigenvalue weighted by molar-refractivity contribution is 6.35. The van der Waals surface area contributed by atoms with Gasteiger partial charge in [0.15, 0.2) is 17.3 Å². The number of carbonyl (C=O) groups is 2. The van der Waals surface area contributed by atoms with Crippen molar-refractivity contribution in [1.82, 2.24) is 0 Å². The third-order valence-electron chi connectivity index (χ3n) is 5.09. The summed E-state index contributed by atoms with van der Waals surface area (Å²) < 4.78 is 10.6. The number of nitrogens with zero attached hydrogens (tertiary/aromatic N) is 1. The van der Waals surface area contributed by atoms with Crippen LogP contribution in [-0.2, 0) is 9.59 Å². The number of methoxy groups -OCH3 is 2. The molecule has 4 rings (SSSR count). The molecule has 1 amide bonds. The first kappa shape index (κ1) is 19.5. The molecule has 1 unspecified atom stereocenters. The zero-order valence-electron chi connectivity index (χ0n) is 16.7. The van der Waals surface area contributed by atoms with Crippen molar-refractivity contribution in [2.75, 3.05) is 19.1 Å². The normalized spacial score (nSPS) is 17.5. The van der Waals surface area contributed by atoms with Crippen LogP contribution in [0.25, 0.3) is 6.08 Å². The maximum atomic E-state index is 13.4. The summed E-state index contributed by atoms with van der Waals surface area (Å²) in [5, 5.41) is 0. The molecular weight excluding hydrogens is 378 g/mol. The molecule has 150 valence electrons. The van der Waals surface area contributed by atoms with Crippen molar-refractivity contribution in [3.05, 3.63) is 95.6 Å². The lowest BCUT2D eigenvalue weighted by molar-refractivity contribution is -0.116. The average molecular weight is 399 g/mol. The number of ketones is 1. The van der Waals surface area contributed by atoms with Gasteiger partial charge < -0.3 is 9.47 Å². The number of rotatable bonds is 5. The van der Waals surface area contributed by atoms with E-state index in [1.54, 1.807) is 43.4 Å². The van der Waals surface area contributed by atoms with Crippen LogP contribution in [0.4, 0.5) is 5.69 Å². The Hall–Kier alpha value is -3.86. The molecule has 0 saturated carbocycles. The minimum Gasteiger partial charge on any atom is -0.493 e. The number of carbonyl (C=O) groups excluding carboxylic acids is 2. The fourth-order valence-electron chi connectivity index (χ4n) is 3.65. The predicted molar refractivity (Wildman–Crippen MR) is 116 cm³/mol. The molecule has 5 nitrogen and oxygen atoms in total. The first-order valence-corrected chi connectivity index (χ1v) is 9.55. The largest absolute Gasteiger partial charge is 0.493 e. The van der Waals surface area contributed by atoms with E-state index < -0.39 is 6.04 Å². The van der Waals surface area contributed by atoms with Crippen molar-refractivity contribution in [3.8, 4) is 11.5 Å². The van der Waals surface area contributed by atoms with Gasteiger partial charge in [0.1, 0.15) is 6.04 Å². The fraction of sp³-hybridized carbons (Fsp3) is 0.120. The summed E-state index contributed by atoms with van der Waals surface area (Å²) in [5.41, 5.74) is 2.28. The van der Waals surface area contributed by atoms with Crippen LogP contribution < -0.4 is 14.4 Å². The Morgan fingerprint density at radius 3 is 2.07 bits per heavy atom. The van der Waals surface area contributed by atoms with E-state index >= 15 is 0 Å². The standard InChI is InChI=1S/C25H21NO4/c1-29-21-14-13-17(16-22(21)30-2)15-20-24(27)23(18-9-5-3-6-10-18)26(25(20)28)19-11-7-4-8-12-19/h3-16,23H,1-2H3/b20-15-. The molecule has 5 heteroatoms. The van der Waals surface area contributed by atoms with Crippen LogP contribution in [0.15, 0.2) is 84.4 Å². The molecule has 30 heavy (non-hydrogen) atoms. The van der Waals surface area contributed by atoms with Crippen LogP contribution in [0.3, 0.4) is 0 Å². The maximum absolute atomic E-state index is 13.4. The van der Waals surface area contributed by atoms with Crippen molar-refractivity contribution in [1.29, 1.82) is 0 Å². The SMILES string of the molecule is COc1ccc(/C=C2/C(=O)C(c3ccccc3)N(c3ccccc3)C2=O)cc1OC. The van der Waals surface area contributed by atoms with Gasteiger partial charge in [-0.2, -0.15) is 0 Å². The second kappa shape index (κ2) is 8.25. The monoisotopic (exact) mass is 399 g/mol. The van der Waals surface area contributed by atoms with Crippen LogP contribution in [-0.4, -0.2) is 25.9 Å². The Morgan fingerprint density at radius 1 is 0.800 bits per heavy atom. The highest BCUT2D eigenvalue weighted by atomic mass is 16.5. The molecule has 3 aromatic rings. The number of para-hydroxylation sites is 1. The summed E-state index contributed by atoms with van der Waals surface area (Å²) >= 11 is 0. The van der Waals surface area contributed by atoms with E-state index in [-0.39, 0.29) is 17.3 Å². The van der Waals surface area contributed by atoms with E-state index in [9.17, 15) is 9.59 Å². The van der Waals surface area contributed by atoms with Gasteiger partial charge in [0.25, 0.3) is 5.91 Å². The summed E-state index contributed by atoms with van der Waals surface area (Å²) in [6, 6.07) is 23.2. The Balaban J connectivity index is 1.81. The quantitative estimate of drug-likeness (QED) is 0.470. The fourth-order valence-corrected chi connectivity index (χ4v) is 3.65. The molecule has 0 spiro atoms. The highest BCUT2D eigenvalue weighted by Gasteiger charge is 2.44. The van der Waals surface area contributed by atoms with Crippen molar-refractivity contribution in [3.63, 3.8) is 0 Å². The molecule has 0 bridgehead atoms. The second-order valence-corrected chi connectivity index (χ2v) is 6.86. The molecule has 1 saturated heterocycles. The summed E-state index contributed by atoms with van der Waals surface area (Å²) in [5.74, 6) is 0.556. The van der Waals surface area contributed by atoms with Crippen LogP contribution >= 0.6 is 0 Å². The van der Waals surface area contributed by atoms with Gasteiger partial charge >= 0.3 is 0 Å². The van der Waals surface area contributed by atoms with Gasteiger partial charge in [-0.15, -0.1) is 0 Å². The van der Waals surface area contributed by atoms with E-state index in [1.165, 1.54) is 0 Å². The predicted octanol–water partition coefficient (Wildman–Crippen LogP) is 4.44. The van der Waals surface area contributed by atoms with E-state index in [0.29, 0.717) is 22.7 Å². The lowest BCUT2D eigenvalue weighted by atomic mass is 10.00. The van der Waals surface area contributed by atoms with Crippen molar-refractivity contribution in [2.45, 2.75) is 6.04 Å². The minimum absolute atomic E-state index is 0.139. The Morgan fingerprint density at radius 2 is 1.43 bits per heavy atom. The van der Waals surface area contributed by atoms with Gasteiger partial charge in [-0.05, 0) is 41.5 Å². The topological polar surface area (TPSA) is 55.8 Å². The van der Waals surface area contributed by atoms with Gasteiger partial charge in [0.2, 0.25) is 0 Å². The van der Waals surface area contributed by atoms with Crippen LogP contribution in [0.1, 0.15) is 17.2 Å². The maximum Gasteiger partial charge on any atom is 0.262 e. The Kier molecular flexibility index (Phi) is 5.35. The van der Waals surface area contributed by atoms with Crippen LogP contribution in [0.5, 0.6) is 11.5 Å². The molecule has 1 aliphatic rings. The third-order valence-corrected chi connectivity index (χ3v) is 5.09. The highest BCUT2D eigenvalue weighted by Crippen LogP contribution is 2.38. The molecule has 3 aromatic carbocycles. The lowest BCUT2D eigenvalue weighted by Gasteiger charge is -2.23. The Labute approximate surface area is 175 Å². The second-order valence-electron chi connectivity index (χ2n) is 6.86.